The van der Waals surface area contributed by atoms with Gasteiger partial charge in [0.1, 0.15) is 0 Å². The molecule has 0 saturated carbocycles. The number of halogens is 1. The van der Waals surface area contributed by atoms with E-state index in [4.69, 9.17) is 0 Å². The van der Waals surface area contributed by atoms with Gasteiger partial charge >= 0.3 is 0 Å². The van der Waals surface area contributed by atoms with E-state index >= 15 is 0 Å². The Morgan fingerprint density at radius 3 is 2.25 bits per heavy atom. The Morgan fingerprint density at radius 2 is 1.60 bits per heavy atom. The normalized spacial score (nSPS) is 17.4. The predicted octanol–water partition coefficient (Wildman–Crippen LogP) is 4.68. The highest BCUT2D eigenvalue weighted by atomic mass is 79.9. The quantitative estimate of drug-likeness (QED) is 0.727. The lowest BCUT2D eigenvalue weighted by Gasteiger charge is -2.24. The molecule has 2 nitrogen and oxygen atoms in total. The Morgan fingerprint density at radius 1 is 1.00 bits per heavy atom. The molecule has 1 aromatic carbocycles. The van der Waals surface area contributed by atoms with Crippen LogP contribution in [0.1, 0.15) is 55.3 Å². The van der Waals surface area contributed by atoms with Gasteiger partial charge in [0.25, 0.3) is 0 Å². The van der Waals surface area contributed by atoms with E-state index in [1.807, 2.05) is 24.3 Å². The van der Waals surface area contributed by atoms with E-state index in [0.29, 0.717) is 6.42 Å². The minimum Gasteiger partial charge on any atom is -0.303 e. The first-order chi connectivity index (χ1) is 9.75. The highest BCUT2D eigenvalue weighted by molar-refractivity contribution is 9.10. The standard InChI is InChI=1S/C17H24BrNO/c18-16-10-8-15(9-11-16)17(20)7-6-14-19-12-4-2-1-3-5-13-19/h8-11H,1-7,12-14H2. The zero-order chi connectivity index (χ0) is 14.2. The summed E-state index contributed by atoms with van der Waals surface area (Å²) < 4.78 is 1.02. The van der Waals surface area contributed by atoms with Gasteiger partial charge in [-0.3, -0.25) is 4.79 Å². The second-order valence-corrected chi connectivity index (χ2v) is 6.56. The summed E-state index contributed by atoms with van der Waals surface area (Å²) in [7, 11) is 0. The molecule has 1 saturated heterocycles. The summed E-state index contributed by atoms with van der Waals surface area (Å²) in [4.78, 5) is 14.6. The molecule has 0 aromatic heterocycles. The van der Waals surface area contributed by atoms with Crippen molar-refractivity contribution in [3.05, 3.63) is 34.3 Å². The molecule has 2 rings (SSSR count). The Labute approximate surface area is 130 Å². The molecule has 1 aromatic rings. The second-order valence-electron chi connectivity index (χ2n) is 5.64. The smallest absolute Gasteiger partial charge is 0.162 e. The maximum Gasteiger partial charge on any atom is 0.162 e. The number of carbonyl (C=O) groups excluding carboxylic acids is 1. The van der Waals surface area contributed by atoms with Crippen molar-refractivity contribution < 1.29 is 4.79 Å². The molecule has 0 amide bonds. The van der Waals surface area contributed by atoms with Crippen LogP contribution in [0.5, 0.6) is 0 Å². The van der Waals surface area contributed by atoms with Gasteiger partial charge in [0.2, 0.25) is 0 Å². The third-order valence-electron chi connectivity index (χ3n) is 3.99. The zero-order valence-corrected chi connectivity index (χ0v) is 13.7. The number of Topliss-reactive ketones (excluding diaryl/α,β-unsaturated/α-hetero) is 1. The van der Waals surface area contributed by atoms with Gasteiger partial charge in [0.15, 0.2) is 5.78 Å². The third-order valence-corrected chi connectivity index (χ3v) is 4.52. The molecule has 20 heavy (non-hydrogen) atoms. The maximum absolute atomic E-state index is 12.1. The van der Waals surface area contributed by atoms with Gasteiger partial charge in [-0.2, -0.15) is 0 Å². The molecule has 1 aliphatic heterocycles. The van der Waals surface area contributed by atoms with Crippen molar-refractivity contribution in [2.45, 2.75) is 44.9 Å². The fourth-order valence-electron chi connectivity index (χ4n) is 2.78. The first kappa shape index (κ1) is 15.7. The number of hydrogen-bond acceptors (Lipinski definition) is 2. The van der Waals surface area contributed by atoms with Gasteiger partial charge in [-0.1, -0.05) is 47.3 Å². The van der Waals surface area contributed by atoms with Crippen molar-refractivity contribution in [3.8, 4) is 0 Å². The van der Waals surface area contributed by atoms with Crippen LogP contribution in [0.4, 0.5) is 0 Å². The number of hydrogen-bond donors (Lipinski definition) is 0. The number of likely N-dealkylation sites (tertiary alicyclic amines) is 1. The molecule has 0 atom stereocenters. The van der Waals surface area contributed by atoms with E-state index in [1.54, 1.807) is 0 Å². The van der Waals surface area contributed by atoms with Gasteiger partial charge in [-0.25, -0.2) is 0 Å². The molecule has 0 radical (unpaired) electrons. The van der Waals surface area contributed by atoms with Crippen LogP contribution in [0.2, 0.25) is 0 Å². The molecule has 0 bridgehead atoms. The van der Waals surface area contributed by atoms with Crippen molar-refractivity contribution in [2.24, 2.45) is 0 Å². The Hall–Kier alpha value is -0.670. The molecule has 0 N–H and O–H groups in total. The highest BCUT2D eigenvalue weighted by Crippen LogP contribution is 2.14. The third kappa shape index (κ3) is 5.37. The summed E-state index contributed by atoms with van der Waals surface area (Å²) in [6, 6.07) is 7.68. The van der Waals surface area contributed by atoms with Crippen molar-refractivity contribution in [1.29, 1.82) is 0 Å². The van der Waals surface area contributed by atoms with Crippen molar-refractivity contribution in [2.75, 3.05) is 19.6 Å². The number of carbonyl (C=O) groups is 1. The molecule has 3 heteroatoms. The van der Waals surface area contributed by atoms with E-state index in [-0.39, 0.29) is 5.78 Å². The molecule has 1 fully saturated rings. The molecule has 0 aliphatic carbocycles. The molecular weight excluding hydrogens is 314 g/mol. The summed E-state index contributed by atoms with van der Waals surface area (Å²) in [5.74, 6) is 0.268. The van der Waals surface area contributed by atoms with Gasteiger partial charge in [-0.15, -0.1) is 0 Å². The molecule has 1 aliphatic rings. The summed E-state index contributed by atoms with van der Waals surface area (Å²) in [6.07, 6.45) is 8.42. The SMILES string of the molecule is O=C(CCCN1CCCCCCC1)c1ccc(Br)cc1. The largest absolute Gasteiger partial charge is 0.303 e. The lowest BCUT2D eigenvalue weighted by molar-refractivity contribution is 0.0974. The molecule has 0 spiro atoms. The van der Waals surface area contributed by atoms with Crippen LogP contribution >= 0.6 is 15.9 Å². The minimum atomic E-state index is 0.268. The molecule has 110 valence electrons. The average molecular weight is 338 g/mol. The van der Waals surface area contributed by atoms with Gasteiger partial charge < -0.3 is 4.90 Å². The minimum absolute atomic E-state index is 0.268. The van der Waals surface area contributed by atoms with Crippen LogP contribution in [-0.4, -0.2) is 30.3 Å². The van der Waals surface area contributed by atoms with Crippen LogP contribution in [0, 0.1) is 0 Å². The van der Waals surface area contributed by atoms with Crippen LogP contribution < -0.4 is 0 Å². The Kier molecular flexibility index (Phi) is 6.74. The first-order valence-corrected chi connectivity index (χ1v) is 8.56. The molecule has 0 unspecified atom stereocenters. The zero-order valence-electron chi connectivity index (χ0n) is 12.1. The fraction of sp³-hybridized carbons (Fsp3) is 0.588. The van der Waals surface area contributed by atoms with Gasteiger partial charge in [0.05, 0.1) is 0 Å². The predicted molar refractivity (Wildman–Crippen MR) is 87.2 cm³/mol. The summed E-state index contributed by atoms with van der Waals surface area (Å²) in [5, 5.41) is 0. The van der Waals surface area contributed by atoms with Crippen LogP contribution in [0.15, 0.2) is 28.7 Å². The van der Waals surface area contributed by atoms with E-state index in [9.17, 15) is 4.79 Å². The topological polar surface area (TPSA) is 20.3 Å². The molecule has 1 heterocycles. The fourth-order valence-corrected chi connectivity index (χ4v) is 3.04. The van der Waals surface area contributed by atoms with Crippen LogP contribution in [0.25, 0.3) is 0 Å². The van der Waals surface area contributed by atoms with E-state index in [1.165, 1.54) is 45.2 Å². The van der Waals surface area contributed by atoms with Crippen molar-refractivity contribution in [3.63, 3.8) is 0 Å². The van der Waals surface area contributed by atoms with Crippen LogP contribution in [-0.2, 0) is 0 Å². The van der Waals surface area contributed by atoms with Gasteiger partial charge in [0, 0.05) is 16.5 Å². The summed E-state index contributed by atoms with van der Waals surface area (Å²) >= 11 is 3.40. The number of rotatable bonds is 5. The van der Waals surface area contributed by atoms with Crippen molar-refractivity contribution >= 4 is 21.7 Å². The van der Waals surface area contributed by atoms with Crippen molar-refractivity contribution in [1.82, 2.24) is 4.90 Å². The first-order valence-electron chi connectivity index (χ1n) is 7.77. The Bertz CT molecular complexity index is 408. The summed E-state index contributed by atoms with van der Waals surface area (Å²) in [6.45, 7) is 3.50. The Balaban J connectivity index is 1.71. The number of benzene rings is 1. The number of nitrogens with zero attached hydrogens (tertiary/aromatic N) is 1. The monoisotopic (exact) mass is 337 g/mol. The lowest BCUT2D eigenvalue weighted by atomic mass is 10.1. The van der Waals surface area contributed by atoms with E-state index < -0.39 is 0 Å². The lowest BCUT2D eigenvalue weighted by Crippen LogP contribution is -2.28. The average Bonchev–Trinajstić information content (AvgIpc) is 2.41. The second kappa shape index (κ2) is 8.58. The summed E-state index contributed by atoms with van der Waals surface area (Å²) in [5.41, 5.74) is 0.834. The molecular formula is C17H24BrNO. The van der Waals surface area contributed by atoms with E-state index in [2.05, 4.69) is 20.8 Å². The van der Waals surface area contributed by atoms with Crippen LogP contribution in [0.3, 0.4) is 0 Å². The highest BCUT2D eigenvalue weighted by Gasteiger charge is 2.10. The van der Waals surface area contributed by atoms with Gasteiger partial charge in [-0.05, 0) is 51.0 Å². The maximum atomic E-state index is 12.1. The number of ketones is 1. The van der Waals surface area contributed by atoms with E-state index in [0.717, 1.165) is 23.0 Å².